The molecule has 1 heterocycles. The molecule has 4 nitrogen and oxygen atoms in total. The molecule has 0 aromatic carbocycles. The first-order valence-electron chi connectivity index (χ1n) is 4.27. The van der Waals surface area contributed by atoms with Crippen molar-refractivity contribution in [3.8, 4) is 0 Å². The van der Waals surface area contributed by atoms with Gasteiger partial charge in [-0.2, -0.15) is 0 Å². The molecule has 0 radical (unpaired) electrons. The number of ketones is 1. The van der Waals surface area contributed by atoms with Gasteiger partial charge in [0.1, 0.15) is 11.6 Å². The van der Waals surface area contributed by atoms with Gasteiger partial charge in [-0.15, -0.1) is 0 Å². The molecule has 1 aromatic rings. The van der Waals surface area contributed by atoms with Gasteiger partial charge in [-0.3, -0.25) is 4.79 Å². The van der Waals surface area contributed by atoms with Crippen LogP contribution in [0.2, 0.25) is 0 Å². The molecular weight excluding hydrogens is 198 g/mol. The van der Waals surface area contributed by atoms with Crippen molar-refractivity contribution in [2.75, 3.05) is 5.73 Å². The SMILES string of the molecule is CC(=O)C(C)Sc1nc(C)cc(N)n1. The van der Waals surface area contributed by atoms with Crippen LogP contribution in [0.25, 0.3) is 0 Å². The topological polar surface area (TPSA) is 68.9 Å². The van der Waals surface area contributed by atoms with E-state index in [2.05, 4.69) is 9.97 Å². The predicted molar refractivity (Wildman–Crippen MR) is 57.2 cm³/mol. The first kappa shape index (κ1) is 11.0. The normalized spacial score (nSPS) is 12.5. The average molecular weight is 211 g/mol. The van der Waals surface area contributed by atoms with E-state index in [4.69, 9.17) is 5.73 Å². The van der Waals surface area contributed by atoms with Crippen molar-refractivity contribution in [2.24, 2.45) is 0 Å². The minimum Gasteiger partial charge on any atom is -0.384 e. The summed E-state index contributed by atoms with van der Waals surface area (Å²) in [6.07, 6.45) is 0. The van der Waals surface area contributed by atoms with Crippen LogP contribution in [0, 0.1) is 6.92 Å². The molecule has 0 bridgehead atoms. The van der Waals surface area contributed by atoms with Gasteiger partial charge >= 0.3 is 0 Å². The Kier molecular flexibility index (Phi) is 3.46. The summed E-state index contributed by atoms with van der Waals surface area (Å²) in [6, 6.07) is 1.70. The van der Waals surface area contributed by atoms with Crippen LogP contribution in [0.4, 0.5) is 5.82 Å². The van der Waals surface area contributed by atoms with Crippen LogP contribution in [0.15, 0.2) is 11.2 Å². The third kappa shape index (κ3) is 2.99. The summed E-state index contributed by atoms with van der Waals surface area (Å²) in [5.41, 5.74) is 6.38. The average Bonchev–Trinajstić information content (AvgIpc) is 2.01. The van der Waals surface area contributed by atoms with Gasteiger partial charge in [0.2, 0.25) is 0 Å². The number of Topliss-reactive ketones (excluding diaryl/α,β-unsaturated/α-hetero) is 1. The van der Waals surface area contributed by atoms with Crippen molar-refractivity contribution >= 4 is 23.4 Å². The second kappa shape index (κ2) is 4.41. The Morgan fingerprint density at radius 2 is 2.21 bits per heavy atom. The summed E-state index contributed by atoms with van der Waals surface area (Å²) < 4.78 is 0. The number of nitrogen functional groups attached to an aromatic ring is 1. The van der Waals surface area contributed by atoms with E-state index in [-0.39, 0.29) is 11.0 Å². The number of nitrogens with two attached hydrogens (primary N) is 1. The molecule has 0 spiro atoms. The lowest BCUT2D eigenvalue weighted by Gasteiger charge is -2.06. The Labute approximate surface area is 87.3 Å². The summed E-state index contributed by atoms with van der Waals surface area (Å²) in [4.78, 5) is 19.2. The lowest BCUT2D eigenvalue weighted by molar-refractivity contribution is -0.116. The molecule has 1 rings (SSSR count). The molecule has 2 N–H and O–H groups in total. The fourth-order valence-corrected chi connectivity index (χ4v) is 1.70. The van der Waals surface area contributed by atoms with Gasteiger partial charge in [-0.1, -0.05) is 11.8 Å². The van der Waals surface area contributed by atoms with E-state index >= 15 is 0 Å². The summed E-state index contributed by atoms with van der Waals surface area (Å²) in [6.45, 7) is 5.23. The third-order valence-corrected chi connectivity index (χ3v) is 2.79. The van der Waals surface area contributed by atoms with E-state index in [1.54, 1.807) is 13.0 Å². The molecule has 0 amide bonds. The minimum absolute atomic E-state index is 0.110. The quantitative estimate of drug-likeness (QED) is 0.605. The highest BCUT2D eigenvalue weighted by atomic mass is 32.2. The monoisotopic (exact) mass is 211 g/mol. The van der Waals surface area contributed by atoms with Crippen LogP contribution in [0.5, 0.6) is 0 Å². The van der Waals surface area contributed by atoms with Gasteiger partial charge in [0.05, 0.1) is 5.25 Å². The number of nitrogens with zero attached hydrogens (tertiary/aromatic N) is 2. The molecule has 1 atom stereocenters. The van der Waals surface area contributed by atoms with Gasteiger partial charge in [0.15, 0.2) is 5.16 Å². The second-order valence-electron chi connectivity index (χ2n) is 3.09. The summed E-state index contributed by atoms with van der Waals surface area (Å²) >= 11 is 1.33. The maximum atomic E-state index is 11.0. The first-order chi connectivity index (χ1) is 6.49. The Balaban J connectivity index is 2.81. The maximum Gasteiger partial charge on any atom is 0.190 e. The third-order valence-electron chi connectivity index (χ3n) is 1.71. The van der Waals surface area contributed by atoms with Crippen molar-refractivity contribution in [3.63, 3.8) is 0 Å². The first-order valence-corrected chi connectivity index (χ1v) is 5.15. The zero-order valence-electron chi connectivity index (χ0n) is 8.44. The van der Waals surface area contributed by atoms with E-state index < -0.39 is 0 Å². The number of rotatable bonds is 3. The van der Waals surface area contributed by atoms with E-state index in [1.807, 2.05) is 13.8 Å². The van der Waals surface area contributed by atoms with Crippen molar-refractivity contribution in [2.45, 2.75) is 31.2 Å². The highest BCUT2D eigenvalue weighted by Crippen LogP contribution is 2.20. The Hall–Kier alpha value is -1.10. The molecule has 0 aliphatic heterocycles. The number of anilines is 1. The van der Waals surface area contributed by atoms with Crippen molar-refractivity contribution in [1.29, 1.82) is 0 Å². The second-order valence-corrected chi connectivity index (χ2v) is 4.40. The molecule has 76 valence electrons. The van der Waals surface area contributed by atoms with E-state index in [0.29, 0.717) is 11.0 Å². The molecule has 5 heteroatoms. The van der Waals surface area contributed by atoms with Crippen molar-refractivity contribution in [3.05, 3.63) is 11.8 Å². The Bertz CT molecular complexity index is 334. The number of aromatic nitrogens is 2. The molecule has 0 saturated carbocycles. The fraction of sp³-hybridized carbons (Fsp3) is 0.444. The van der Waals surface area contributed by atoms with Crippen molar-refractivity contribution in [1.82, 2.24) is 9.97 Å². The van der Waals surface area contributed by atoms with Gasteiger partial charge in [0, 0.05) is 11.8 Å². The lowest BCUT2D eigenvalue weighted by Crippen LogP contribution is -2.09. The molecule has 0 aliphatic carbocycles. The van der Waals surface area contributed by atoms with E-state index in [1.165, 1.54) is 11.8 Å². The molecule has 0 saturated heterocycles. The van der Waals surface area contributed by atoms with Crippen LogP contribution < -0.4 is 5.73 Å². The highest BCUT2D eigenvalue weighted by Gasteiger charge is 2.11. The molecule has 1 unspecified atom stereocenters. The molecule has 14 heavy (non-hydrogen) atoms. The standard InChI is InChI=1S/C9H13N3OS/c1-5-4-8(10)12-9(11-5)14-7(3)6(2)13/h4,7H,1-3H3,(H2,10,11,12). The Morgan fingerprint density at radius 1 is 1.57 bits per heavy atom. The van der Waals surface area contributed by atoms with Crippen LogP contribution in [-0.2, 0) is 4.79 Å². The van der Waals surface area contributed by atoms with Crippen LogP contribution in [-0.4, -0.2) is 21.0 Å². The largest absolute Gasteiger partial charge is 0.384 e. The predicted octanol–water partition coefficient (Wildman–Crippen LogP) is 1.44. The fourth-order valence-electron chi connectivity index (χ4n) is 0.859. The zero-order chi connectivity index (χ0) is 10.7. The summed E-state index contributed by atoms with van der Waals surface area (Å²) in [7, 11) is 0. The highest BCUT2D eigenvalue weighted by molar-refractivity contribution is 8.00. The Morgan fingerprint density at radius 3 is 2.71 bits per heavy atom. The van der Waals surface area contributed by atoms with Gasteiger partial charge in [-0.05, 0) is 20.8 Å². The number of hydrogen-bond acceptors (Lipinski definition) is 5. The molecule has 0 fully saturated rings. The van der Waals surface area contributed by atoms with E-state index in [0.717, 1.165) is 5.69 Å². The lowest BCUT2D eigenvalue weighted by atomic mass is 10.3. The number of thioether (sulfide) groups is 1. The maximum absolute atomic E-state index is 11.0. The number of aryl methyl sites for hydroxylation is 1. The number of hydrogen-bond donors (Lipinski definition) is 1. The summed E-state index contributed by atoms with van der Waals surface area (Å²) in [5.74, 6) is 0.550. The number of carbonyl (C=O) groups excluding carboxylic acids is 1. The number of carbonyl (C=O) groups is 1. The molecule has 0 aliphatic rings. The molecular formula is C9H13N3OS. The minimum atomic E-state index is -0.129. The summed E-state index contributed by atoms with van der Waals surface area (Å²) in [5, 5.41) is 0.432. The van der Waals surface area contributed by atoms with Crippen molar-refractivity contribution < 1.29 is 4.79 Å². The van der Waals surface area contributed by atoms with Gasteiger partial charge in [0.25, 0.3) is 0 Å². The zero-order valence-corrected chi connectivity index (χ0v) is 9.26. The molecule has 1 aromatic heterocycles. The van der Waals surface area contributed by atoms with Crippen LogP contribution in [0.1, 0.15) is 19.5 Å². The smallest absolute Gasteiger partial charge is 0.190 e. The van der Waals surface area contributed by atoms with Crippen LogP contribution in [0.3, 0.4) is 0 Å². The van der Waals surface area contributed by atoms with Crippen LogP contribution >= 0.6 is 11.8 Å². The van der Waals surface area contributed by atoms with E-state index in [9.17, 15) is 4.79 Å². The van der Waals surface area contributed by atoms with Gasteiger partial charge < -0.3 is 5.73 Å². The van der Waals surface area contributed by atoms with Gasteiger partial charge in [-0.25, -0.2) is 9.97 Å².